The third-order valence-corrected chi connectivity index (χ3v) is 2.87. The van der Waals surface area contributed by atoms with Crippen LogP contribution in [0.15, 0.2) is 24.3 Å². The second-order valence-corrected chi connectivity index (χ2v) is 6.50. The fourth-order valence-corrected chi connectivity index (χ4v) is 1.61. The lowest BCUT2D eigenvalue weighted by Crippen LogP contribution is -2.57. The molecule has 0 unspecified atom stereocenters. The normalized spacial score (nSPS) is 12.7. The van der Waals surface area contributed by atoms with Crippen LogP contribution in [0.3, 0.4) is 0 Å². The first-order valence-electron chi connectivity index (χ1n) is 6.88. The zero-order valence-electron chi connectivity index (χ0n) is 13.6. The molecule has 0 N–H and O–H groups in total. The molecule has 0 saturated heterocycles. The van der Waals surface area contributed by atoms with Crippen molar-refractivity contribution in [1.82, 2.24) is 0 Å². The minimum Gasteiger partial charge on any atom is -0.544 e. The second kappa shape index (κ2) is 6.14. The number of rotatable bonds is 5. The number of carboxylic acids is 1. The molecule has 128 valence electrons. The Balaban J connectivity index is 2.88. The molecular weight excluding hydrogens is 310 g/mol. The average molecular weight is 329 g/mol. The quantitative estimate of drug-likeness (QED) is 0.774. The summed E-state index contributed by atoms with van der Waals surface area (Å²) in [5.74, 6) is -7.51. The van der Waals surface area contributed by atoms with Gasteiger partial charge in [-0.3, -0.25) is 0 Å². The zero-order chi connectivity index (χ0) is 18.1. The van der Waals surface area contributed by atoms with E-state index < -0.39 is 29.1 Å². The number of carbonyl (C=O) groups is 2. The molecule has 0 aliphatic heterocycles. The van der Waals surface area contributed by atoms with Crippen LogP contribution >= 0.6 is 0 Å². The van der Waals surface area contributed by atoms with Gasteiger partial charge in [0.2, 0.25) is 0 Å². The first-order valence-corrected chi connectivity index (χ1v) is 6.88. The van der Waals surface area contributed by atoms with E-state index in [1.165, 1.54) is 24.3 Å². The van der Waals surface area contributed by atoms with Crippen molar-refractivity contribution in [2.24, 2.45) is 0 Å². The van der Waals surface area contributed by atoms with Crippen LogP contribution in [-0.2, 0) is 9.53 Å². The maximum Gasteiger partial charge on any atom is 0.338 e. The van der Waals surface area contributed by atoms with Crippen LogP contribution < -0.4 is 9.84 Å². The number of halogens is 2. The number of alkyl halides is 2. The lowest BCUT2D eigenvalue weighted by atomic mass is 10.0. The molecule has 23 heavy (non-hydrogen) atoms. The van der Waals surface area contributed by atoms with Crippen LogP contribution in [0.1, 0.15) is 45.0 Å². The number of esters is 1. The zero-order valence-corrected chi connectivity index (χ0v) is 13.6. The lowest BCUT2D eigenvalue weighted by molar-refractivity contribution is -0.341. The first-order chi connectivity index (χ1) is 10.3. The molecule has 0 spiro atoms. The highest BCUT2D eigenvalue weighted by Gasteiger charge is 2.51. The third kappa shape index (κ3) is 4.64. The summed E-state index contributed by atoms with van der Waals surface area (Å²) in [4.78, 5) is 22.4. The standard InChI is InChI=1S/C16H20F2O5/c1-14(2,3)22-11-8-6-10(7-9-11)12(19)23-15(4,5)16(17,18)13(20)21/h6-9H,1-5H3,(H,20,21)/p-1. The van der Waals surface area contributed by atoms with Gasteiger partial charge < -0.3 is 19.4 Å². The van der Waals surface area contributed by atoms with Gasteiger partial charge in [-0.05, 0) is 58.9 Å². The molecule has 0 amide bonds. The van der Waals surface area contributed by atoms with E-state index in [9.17, 15) is 23.5 Å². The summed E-state index contributed by atoms with van der Waals surface area (Å²) in [5.41, 5.74) is -2.99. The molecule has 1 aromatic rings. The number of benzene rings is 1. The number of hydrogen-bond acceptors (Lipinski definition) is 5. The van der Waals surface area contributed by atoms with Gasteiger partial charge in [0, 0.05) is 0 Å². The predicted molar refractivity (Wildman–Crippen MR) is 76.3 cm³/mol. The minimum atomic E-state index is -4.32. The minimum absolute atomic E-state index is 0.00604. The Morgan fingerprint density at radius 3 is 1.87 bits per heavy atom. The van der Waals surface area contributed by atoms with Crippen molar-refractivity contribution in [3.05, 3.63) is 29.8 Å². The number of aliphatic carboxylic acids is 1. The Labute approximate surface area is 133 Å². The van der Waals surface area contributed by atoms with E-state index in [0.717, 1.165) is 13.8 Å². The van der Waals surface area contributed by atoms with E-state index >= 15 is 0 Å². The Bertz CT molecular complexity index is 585. The van der Waals surface area contributed by atoms with E-state index in [2.05, 4.69) is 4.74 Å². The van der Waals surface area contributed by atoms with Crippen molar-refractivity contribution in [2.75, 3.05) is 0 Å². The Morgan fingerprint density at radius 2 is 1.48 bits per heavy atom. The molecule has 0 fully saturated rings. The summed E-state index contributed by atoms with van der Waals surface area (Å²) in [6, 6.07) is 5.67. The smallest absolute Gasteiger partial charge is 0.338 e. The third-order valence-electron chi connectivity index (χ3n) is 2.87. The Kier molecular flexibility index (Phi) is 5.03. The summed E-state index contributed by atoms with van der Waals surface area (Å²) in [6.07, 6.45) is 0. The van der Waals surface area contributed by atoms with Gasteiger partial charge in [0.1, 0.15) is 17.3 Å². The monoisotopic (exact) mass is 329 g/mol. The van der Waals surface area contributed by atoms with Gasteiger partial charge in [0.25, 0.3) is 0 Å². The summed E-state index contributed by atoms with van der Waals surface area (Å²) >= 11 is 0. The number of carbonyl (C=O) groups excluding carboxylic acids is 2. The number of carboxylic acid groups (broad SMARTS) is 1. The highest BCUT2D eigenvalue weighted by molar-refractivity contribution is 5.90. The molecule has 0 heterocycles. The summed E-state index contributed by atoms with van der Waals surface area (Å²) in [6.45, 7) is 7.15. The molecule has 0 bridgehead atoms. The highest BCUT2D eigenvalue weighted by atomic mass is 19.3. The van der Waals surface area contributed by atoms with Gasteiger partial charge in [-0.15, -0.1) is 0 Å². The molecule has 0 aromatic heterocycles. The molecular formula is C16H19F2O5-. The van der Waals surface area contributed by atoms with Crippen molar-refractivity contribution in [3.63, 3.8) is 0 Å². The molecule has 0 aliphatic carbocycles. The summed E-state index contributed by atoms with van der Waals surface area (Å²) in [5, 5.41) is 10.5. The first kappa shape index (κ1) is 18.9. The Morgan fingerprint density at radius 1 is 1.00 bits per heavy atom. The fourth-order valence-electron chi connectivity index (χ4n) is 1.61. The van der Waals surface area contributed by atoms with Gasteiger partial charge >= 0.3 is 11.9 Å². The fraction of sp³-hybridized carbons (Fsp3) is 0.500. The summed E-state index contributed by atoms with van der Waals surface area (Å²) < 4.78 is 37.2. The molecule has 0 aliphatic rings. The molecule has 0 saturated carbocycles. The van der Waals surface area contributed by atoms with Crippen molar-refractivity contribution < 1.29 is 33.0 Å². The number of ether oxygens (including phenoxy) is 2. The molecule has 1 aromatic carbocycles. The van der Waals surface area contributed by atoms with E-state index in [1.54, 1.807) is 0 Å². The maximum absolute atomic E-state index is 13.5. The van der Waals surface area contributed by atoms with Crippen LogP contribution in [0, 0.1) is 0 Å². The molecule has 5 nitrogen and oxygen atoms in total. The van der Waals surface area contributed by atoms with Crippen molar-refractivity contribution >= 4 is 11.9 Å². The van der Waals surface area contributed by atoms with Crippen molar-refractivity contribution in [1.29, 1.82) is 0 Å². The van der Waals surface area contributed by atoms with Crippen LogP contribution in [0.4, 0.5) is 8.78 Å². The number of hydrogen-bond donors (Lipinski definition) is 0. The van der Waals surface area contributed by atoms with Gasteiger partial charge in [-0.25, -0.2) is 4.79 Å². The maximum atomic E-state index is 13.5. The molecule has 0 radical (unpaired) electrons. The topological polar surface area (TPSA) is 75.7 Å². The molecule has 7 heteroatoms. The van der Waals surface area contributed by atoms with Gasteiger partial charge in [0.15, 0.2) is 5.60 Å². The van der Waals surface area contributed by atoms with Crippen molar-refractivity contribution in [2.45, 2.75) is 51.7 Å². The van der Waals surface area contributed by atoms with Crippen LogP contribution in [0.2, 0.25) is 0 Å². The SMILES string of the molecule is CC(C)(C)Oc1ccc(C(=O)OC(C)(C)C(F)(F)C(=O)[O-])cc1. The van der Waals surface area contributed by atoms with Crippen LogP contribution in [0.5, 0.6) is 5.75 Å². The largest absolute Gasteiger partial charge is 0.544 e. The van der Waals surface area contributed by atoms with E-state index in [4.69, 9.17) is 4.74 Å². The lowest BCUT2D eigenvalue weighted by Gasteiger charge is -2.33. The van der Waals surface area contributed by atoms with Gasteiger partial charge in [0.05, 0.1) is 5.56 Å². The molecule has 0 atom stereocenters. The summed E-state index contributed by atoms with van der Waals surface area (Å²) in [7, 11) is 0. The van der Waals surface area contributed by atoms with Crippen molar-refractivity contribution in [3.8, 4) is 5.75 Å². The predicted octanol–water partition coefficient (Wildman–Crippen LogP) is 2.18. The van der Waals surface area contributed by atoms with E-state index in [1.807, 2.05) is 20.8 Å². The van der Waals surface area contributed by atoms with E-state index in [-0.39, 0.29) is 5.56 Å². The Hall–Kier alpha value is -2.18. The highest BCUT2D eigenvalue weighted by Crippen LogP contribution is 2.32. The molecule has 1 rings (SSSR count). The average Bonchev–Trinajstić information content (AvgIpc) is 2.36. The van der Waals surface area contributed by atoms with E-state index in [0.29, 0.717) is 5.75 Å². The second-order valence-electron chi connectivity index (χ2n) is 6.50. The van der Waals surface area contributed by atoms with Crippen LogP contribution in [0.25, 0.3) is 0 Å². The van der Waals surface area contributed by atoms with Crippen LogP contribution in [-0.4, -0.2) is 29.1 Å². The van der Waals surface area contributed by atoms with Gasteiger partial charge in [-0.2, -0.15) is 8.78 Å². The van der Waals surface area contributed by atoms with Gasteiger partial charge in [-0.1, -0.05) is 0 Å².